The molecule has 0 bridgehead atoms. The van der Waals surface area contributed by atoms with Gasteiger partial charge >= 0.3 is 0 Å². The fourth-order valence-corrected chi connectivity index (χ4v) is 4.03. The minimum absolute atomic E-state index is 0.118. The average Bonchev–Trinajstić information content (AvgIpc) is 2.26. The molecule has 1 fully saturated rings. The molecule has 0 radical (unpaired) electrons. The first kappa shape index (κ1) is 13.8. The van der Waals surface area contributed by atoms with Gasteiger partial charge in [-0.25, -0.2) is 13.4 Å². The van der Waals surface area contributed by atoms with Gasteiger partial charge in [0.2, 0.25) is 0 Å². The molecule has 2 heterocycles. The second kappa shape index (κ2) is 4.82. The van der Waals surface area contributed by atoms with E-state index in [-0.39, 0.29) is 17.5 Å². The summed E-state index contributed by atoms with van der Waals surface area (Å²) < 4.78 is 23.2. The Morgan fingerprint density at radius 1 is 1.47 bits per heavy atom. The molecule has 1 unspecified atom stereocenters. The molecule has 1 aromatic rings. The van der Waals surface area contributed by atoms with Crippen molar-refractivity contribution in [3.05, 3.63) is 22.9 Å². The first-order valence-corrected chi connectivity index (χ1v) is 8.01. The molecule has 19 heavy (non-hydrogen) atoms. The summed E-state index contributed by atoms with van der Waals surface area (Å²) in [6.07, 6.45) is 0. The fourth-order valence-electron chi connectivity index (χ4n) is 2.48. The Morgan fingerprint density at radius 3 is 2.74 bits per heavy atom. The lowest BCUT2D eigenvalue weighted by Gasteiger charge is -2.35. The van der Waals surface area contributed by atoms with Crippen molar-refractivity contribution >= 4 is 15.7 Å². The van der Waals surface area contributed by atoms with Crippen molar-refractivity contribution in [3.63, 3.8) is 0 Å². The summed E-state index contributed by atoms with van der Waals surface area (Å²) in [5.41, 5.74) is 2.26. The van der Waals surface area contributed by atoms with E-state index in [0.717, 1.165) is 11.3 Å². The van der Waals surface area contributed by atoms with E-state index in [1.165, 1.54) is 0 Å². The summed E-state index contributed by atoms with van der Waals surface area (Å²) in [7, 11) is -2.97. The number of aryl methyl sites for hydroxylation is 2. The van der Waals surface area contributed by atoms with Crippen molar-refractivity contribution in [3.8, 4) is 6.07 Å². The summed E-state index contributed by atoms with van der Waals surface area (Å²) in [6.45, 7) is 6.01. The maximum Gasteiger partial charge on any atom is 0.154 e. The topological polar surface area (TPSA) is 74.1 Å². The van der Waals surface area contributed by atoms with Crippen molar-refractivity contribution < 1.29 is 8.42 Å². The number of nitriles is 1. The van der Waals surface area contributed by atoms with E-state index in [1.54, 1.807) is 0 Å². The maximum absolute atomic E-state index is 11.6. The largest absolute Gasteiger partial charge is 0.351 e. The Labute approximate surface area is 113 Å². The highest BCUT2D eigenvalue weighted by molar-refractivity contribution is 7.91. The van der Waals surface area contributed by atoms with Crippen LogP contribution in [0.1, 0.15) is 23.7 Å². The van der Waals surface area contributed by atoms with Crippen LogP contribution in [0.5, 0.6) is 0 Å². The van der Waals surface area contributed by atoms with Crippen molar-refractivity contribution in [1.29, 1.82) is 5.26 Å². The van der Waals surface area contributed by atoms with E-state index in [0.29, 0.717) is 17.9 Å². The molecule has 0 spiro atoms. The van der Waals surface area contributed by atoms with Crippen LogP contribution in [-0.4, -0.2) is 37.5 Å². The fraction of sp³-hybridized carbons (Fsp3) is 0.538. The zero-order valence-corrected chi connectivity index (χ0v) is 12.2. The van der Waals surface area contributed by atoms with E-state index < -0.39 is 9.84 Å². The van der Waals surface area contributed by atoms with Crippen LogP contribution < -0.4 is 4.90 Å². The van der Waals surface area contributed by atoms with Gasteiger partial charge in [0, 0.05) is 18.3 Å². The van der Waals surface area contributed by atoms with E-state index in [4.69, 9.17) is 0 Å². The molecule has 6 heteroatoms. The van der Waals surface area contributed by atoms with Gasteiger partial charge in [-0.15, -0.1) is 0 Å². The molecule has 0 saturated carbocycles. The summed E-state index contributed by atoms with van der Waals surface area (Å²) in [6, 6.07) is 3.89. The Morgan fingerprint density at radius 2 is 2.16 bits per heavy atom. The van der Waals surface area contributed by atoms with Crippen molar-refractivity contribution in [2.75, 3.05) is 23.0 Å². The third kappa shape index (κ3) is 2.71. The maximum atomic E-state index is 11.6. The number of rotatable bonds is 1. The van der Waals surface area contributed by atoms with Crippen LogP contribution in [0.3, 0.4) is 0 Å². The smallest absolute Gasteiger partial charge is 0.154 e. The SMILES string of the molecule is Cc1cc(C)c(C#N)c(N2CCS(=O)(=O)CC2C)n1. The summed E-state index contributed by atoms with van der Waals surface area (Å²) in [5, 5.41) is 9.27. The van der Waals surface area contributed by atoms with Crippen LogP contribution in [0.25, 0.3) is 0 Å². The van der Waals surface area contributed by atoms with Gasteiger partial charge in [-0.05, 0) is 32.4 Å². The highest BCUT2D eigenvalue weighted by Crippen LogP contribution is 2.26. The number of hydrogen-bond acceptors (Lipinski definition) is 5. The predicted molar refractivity (Wildman–Crippen MR) is 73.9 cm³/mol. The van der Waals surface area contributed by atoms with Gasteiger partial charge in [0.1, 0.15) is 11.9 Å². The van der Waals surface area contributed by atoms with Crippen molar-refractivity contribution in [2.24, 2.45) is 0 Å². The highest BCUT2D eigenvalue weighted by Gasteiger charge is 2.30. The van der Waals surface area contributed by atoms with E-state index >= 15 is 0 Å². The minimum Gasteiger partial charge on any atom is -0.351 e. The second-order valence-corrected chi connectivity index (χ2v) is 7.28. The third-order valence-corrected chi connectivity index (χ3v) is 5.17. The first-order valence-electron chi connectivity index (χ1n) is 6.19. The standard InChI is InChI=1S/C13H17N3O2S/c1-9-6-10(2)15-13(12(9)7-14)16-4-5-19(17,18)8-11(16)3/h6,11H,4-5,8H2,1-3H3. The number of nitrogens with zero attached hydrogens (tertiary/aromatic N) is 3. The Kier molecular flexibility index (Phi) is 3.50. The Balaban J connectivity index is 2.46. The van der Waals surface area contributed by atoms with Crippen molar-refractivity contribution in [1.82, 2.24) is 4.98 Å². The molecule has 1 aliphatic rings. The zero-order chi connectivity index (χ0) is 14.2. The molecule has 5 nitrogen and oxygen atoms in total. The number of hydrogen-bond donors (Lipinski definition) is 0. The predicted octanol–water partition coefficient (Wildman–Crippen LogP) is 1.19. The summed E-state index contributed by atoms with van der Waals surface area (Å²) in [5.74, 6) is 0.853. The molecule has 1 aromatic heterocycles. The minimum atomic E-state index is -2.97. The number of anilines is 1. The molecule has 1 aliphatic heterocycles. The molecule has 1 atom stereocenters. The van der Waals surface area contributed by atoms with Gasteiger partial charge in [-0.2, -0.15) is 5.26 Å². The van der Waals surface area contributed by atoms with Crippen LogP contribution in [0.4, 0.5) is 5.82 Å². The average molecular weight is 279 g/mol. The van der Waals surface area contributed by atoms with Gasteiger partial charge in [0.15, 0.2) is 9.84 Å². The van der Waals surface area contributed by atoms with E-state index in [2.05, 4.69) is 11.1 Å². The Bertz CT molecular complexity index is 647. The quantitative estimate of drug-likeness (QED) is 0.772. The summed E-state index contributed by atoms with van der Waals surface area (Å²) >= 11 is 0. The molecular formula is C13H17N3O2S. The van der Waals surface area contributed by atoms with Gasteiger partial charge < -0.3 is 4.90 Å². The van der Waals surface area contributed by atoms with Crippen LogP contribution in [0, 0.1) is 25.2 Å². The van der Waals surface area contributed by atoms with Crippen LogP contribution in [-0.2, 0) is 9.84 Å². The van der Waals surface area contributed by atoms with E-state index in [9.17, 15) is 13.7 Å². The van der Waals surface area contributed by atoms with Crippen molar-refractivity contribution in [2.45, 2.75) is 26.8 Å². The van der Waals surface area contributed by atoms with E-state index in [1.807, 2.05) is 31.7 Å². The number of pyridine rings is 1. The third-order valence-electron chi connectivity index (χ3n) is 3.38. The molecule has 2 rings (SSSR count). The van der Waals surface area contributed by atoms with Gasteiger partial charge in [-0.1, -0.05) is 0 Å². The second-order valence-electron chi connectivity index (χ2n) is 5.05. The molecule has 0 amide bonds. The monoisotopic (exact) mass is 279 g/mol. The molecule has 0 aliphatic carbocycles. The normalized spacial score (nSPS) is 22.0. The molecule has 102 valence electrons. The molecule has 0 aromatic carbocycles. The molecule has 1 saturated heterocycles. The van der Waals surface area contributed by atoms with Crippen LogP contribution >= 0.6 is 0 Å². The lowest BCUT2D eigenvalue weighted by atomic mass is 10.1. The lowest BCUT2D eigenvalue weighted by molar-refractivity contribution is 0.566. The van der Waals surface area contributed by atoms with Gasteiger partial charge in [-0.3, -0.25) is 0 Å². The molecular weight excluding hydrogens is 262 g/mol. The first-order chi connectivity index (χ1) is 8.84. The zero-order valence-electron chi connectivity index (χ0n) is 11.3. The number of aromatic nitrogens is 1. The van der Waals surface area contributed by atoms with Gasteiger partial charge in [0.05, 0.1) is 17.1 Å². The molecule has 0 N–H and O–H groups in total. The van der Waals surface area contributed by atoms with Crippen LogP contribution in [0.2, 0.25) is 0 Å². The van der Waals surface area contributed by atoms with Gasteiger partial charge in [0.25, 0.3) is 0 Å². The summed E-state index contributed by atoms with van der Waals surface area (Å²) in [4.78, 5) is 6.37. The Hall–Kier alpha value is -1.61. The highest BCUT2D eigenvalue weighted by atomic mass is 32.2. The number of sulfone groups is 1. The lowest BCUT2D eigenvalue weighted by Crippen LogP contribution is -2.47. The van der Waals surface area contributed by atoms with Crippen LogP contribution in [0.15, 0.2) is 6.07 Å².